The van der Waals surface area contributed by atoms with Gasteiger partial charge in [0, 0.05) is 18.0 Å². The maximum absolute atomic E-state index is 11.9. The van der Waals surface area contributed by atoms with Gasteiger partial charge in [-0.05, 0) is 43.3 Å². The lowest BCUT2D eigenvalue weighted by Crippen LogP contribution is -2.24. The van der Waals surface area contributed by atoms with Crippen LogP contribution in [0.3, 0.4) is 0 Å². The molecule has 0 saturated carbocycles. The Labute approximate surface area is 112 Å². The van der Waals surface area contributed by atoms with Gasteiger partial charge in [-0.25, -0.2) is 0 Å². The number of benzene rings is 1. The summed E-state index contributed by atoms with van der Waals surface area (Å²) in [5.41, 5.74) is -0.0282. The molecule has 1 atom stereocenters. The number of hydrogen-bond acceptors (Lipinski definition) is 3. The van der Waals surface area contributed by atoms with E-state index in [1.54, 1.807) is 0 Å². The number of hydrogen-bond donors (Lipinski definition) is 3. The lowest BCUT2D eigenvalue weighted by molar-refractivity contribution is 0.574. The molecule has 2 heterocycles. The van der Waals surface area contributed by atoms with E-state index in [0.717, 1.165) is 36.1 Å². The number of rotatable bonds is 4. The zero-order valence-corrected chi connectivity index (χ0v) is 10.9. The largest absolute Gasteiger partial charge is 0.371 e. The van der Waals surface area contributed by atoms with Crippen molar-refractivity contribution in [3.8, 4) is 0 Å². The van der Waals surface area contributed by atoms with Gasteiger partial charge in [0.2, 0.25) is 0 Å². The first-order valence-corrected chi connectivity index (χ1v) is 6.92. The number of pyridine rings is 1. The minimum atomic E-state index is -0.0282. The molecule has 1 aliphatic rings. The lowest BCUT2D eigenvalue weighted by atomic mass is 10.1. The predicted molar refractivity (Wildman–Crippen MR) is 78.7 cm³/mol. The second kappa shape index (κ2) is 5.45. The van der Waals surface area contributed by atoms with Crippen molar-refractivity contribution in [1.29, 1.82) is 0 Å². The SMILES string of the molecule is O=c1[nH]c(NCCC2CCCN2)cc2ccccc12. The summed E-state index contributed by atoms with van der Waals surface area (Å²) in [5.74, 6) is 0.807. The van der Waals surface area contributed by atoms with E-state index in [-0.39, 0.29) is 5.56 Å². The first-order valence-electron chi connectivity index (χ1n) is 6.92. The quantitative estimate of drug-likeness (QED) is 0.786. The highest BCUT2D eigenvalue weighted by atomic mass is 16.1. The van der Waals surface area contributed by atoms with Crippen LogP contribution < -0.4 is 16.2 Å². The van der Waals surface area contributed by atoms with Crippen molar-refractivity contribution in [2.45, 2.75) is 25.3 Å². The second-order valence-electron chi connectivity index (χ2n) is 5.11. The third kappa shape index (κ3) is 2.79. The van der Waals surface area contributed by atoms with Gasteiger partial charge < -0.3 is 15.6 Å². The van der Waals surface area contributed by atoms with Crippen molar-refractivity contribution in [1.82, 2.24) is 10.3 Å². The van der Waals surface area contributed by atoms with E-state index >= 15 is 0 Å². The third-order valence-corrected chi connectivity index (χ3v) is 3.72. The Morgan fingerprint density at radius 3 is 3.05 bits per heavy atom. The van der Waals surface area contributed by atoms with Crippen LogP contribution in [0, 0.1) is 0 Å². The van der Waals surface area contributed by atoms with Gasteiger partial charge in [0.25, 0.3) is 5.56 Å². The number of H-pyrrole nitrogens is 1. The predicted octanol–water partition coefficient (Wildman–Crippen LogP) is 2.08. The molecule has 4 heteroatoms. The van der Waals surface area contributed by atoms with E-state index in [0.29, 0.717) is 6.04 Å². The molecule has 3 rings (SSSR count). The normalized spacial score (nSPS) is 18.8. The Hall–Kier alpha value is -1.81. The lowest BCUT2D eigenvalue weighted by Gasteiger charge is -2.11. The maximum Gasteiger partial charge on any atom is 0.257 e. The van der Waals surface area contributed by atoms with E-state index in [2.05, 4.69) is 15.6 Å². The van der Waals surface area contributed by atoms with Gasteiger partial charge in [-0.2, -0.15) is 0 Å². The van der Waals surface area contributed by atoms with E-state index < -0.39 is 0 Å². The molecule has 1 saturated heterocycles. The van der Waals surface area contributed by atoms with Crippen LogP contribution in [0.25, 0.3) is 10.8 Å². The number of aromatic nitrogens is 1. The Balaban J connectivity index is 1.69. The van der Waals surface area contributed by atoms with E-state index in [4.69, 9.17) is 0 Å². The zero-order chi connectivity index (χ0) is 13.1. The Bertz CT molecular complexity index is 614. The first-order chi connectivity index (χ1) is 9.33. The summed E-state index contributed by atoms with van der Waals surface area (Å²) < 4.78 is 0. The summed E-state index contributed by atoms with van der Waals surface area (Å²) in [6.45, 7) is 2.02. The average Bonchev–Trinajstić information content (AvgIpc) is 2.92. The van der Waals surface area contributed by atoms with Gasteiger partial charge in [0.05, 0.1) is 0 Å². The number of nitrogens with one attached hydrogen (secondary N) is 3. The molecule has 2 aromatic rings. The van der Waals surface area contributed by atoms with Crippen LogP contribution in [-0.2, 0) is 0 Å². The van der Waals surface area contributed by atoms with Crippen LogP contribution in [0.5, 0.6) is 0 Å². The molecule has 0 amide bonds. The van der Waals surface area contributed by atoms with Crippen molar-refractivity contribution in [2.75, 3.05) is 18.4 Å². The van der Waals surface area contributed by atoms with Gasteiger partial charge in [-0.1, -0.05) is 18.2 Å². The fourth-order valence-electron chi connectivity index (χ4n) is 2.69. The molecule has 0 bridgehead atoms. The Morgan fingerprint density at radius 2 is 2.21 bits per heavy atom. The average molecular weight is 257 g/mol. The second-order valence-corrected chi connectivity index (χ2v) is 5.11. The summed E-state index contributed by atoms with van der Waals surface area (Å²) in [6, 6.07) is 10.3. The molecule has 19 heavy (non-hydrogen) atoms. The van der Waals surface area contributed by atoms with E-state index in [9.17, 15) is 4.79 Å². The van der Waals surface area contributed by atoms with Crippen molar-refractivity contribution >= 4 is 16.6 Å². The van der Waals surface area contributed by atoms with Crippen LogP contribution in [0.4, 0.5) is 5.82 Å². The summed E-state index contributed by atoms with van der Waals surface area (Å²) >= 11 is 0. The van der Waals surface area contributed by atoms with Crippen LogP contribution in [0.2, 0.25) is 0 Å². The molecule has 1 aliphatic heterocycles. The molecule has 100 valence electrons. The highest BCUT2D eigenvalue weighted by Gasteiger charge is 2.12. The Kier molecular flexibility index (Phi) is 3.51. The fourth-order valence-corrected chi connectivity index (χ4v) is 2.69. The molecule has 1 fully saturated rings. The van der Waals surface area contributed by atoms with Crippen LogP contribution in [0.1, 0.15) is 19.3 Å². The first kappa shape index (κ1) is 12.2. The van der Waals surface area contributed by atoms with Crippen LogP contribution in [0.15, 0.2) is 35.1 Å². The highest BCUT2D eigenvalue weighted by molar-refractivity contribution is 5.83. The van der Waals surface area contributed by atoms with E-state index in [1.807, 2.05) is 30.3 Å². The minimum Gasteiger partial charge on any atom is -0.371 e. The number of anilines is 1. The number of fused-ring (bicyclic) bond motifs is 1. The molecule has 0 spiro atoms. The van der Waals surface area contributed by atoms with Crippen molar-refractivity contribution in [2.24, 2.45) is 0 Å². The van der Waals surface area contributed by atoms with E-state index in [1.165, 1.54) is 12.8 Å². The molecular formula is C15H19N3O. The molecule has 4 nitrogen and oxygen atoms in total. The molecule has 0 radical (unpaired) electrons. The van der Waals surface area contributed by atoms with Crippen LogP contribution >= 0.6 is 0 Å². The van der Waals surface area contributed by atoms with Crippen molar-refractivity contribution in [3.05, 3.63) is 40.7 Å². The molecule has 1 aromatic carbocycles. The topological polar surface area (TPSA) is 56.9 Å². The van der Waals surface area contributed by atoms with Gasteiger partial charge in [0.1, 0.15) is 5.82 Å². The summed E-state index contributed by atoms with van der Waals surface area (Å²) in [4.78, 5) is 14.8. The van der Waals surface area contributed by atoms with Gasteiger partial charge in [-0.15, -0.1) is 0 Å². The van der Waals surface area contributed by atoms with Gasteiger partial charge in [0.15, 0.2) is 0 Å². The van der Waals surface area contributed by atoms with Crippen LogP contribution in [-0.4, -0.2) is 24.1 Å². The van der Waals surface area contributed by atoms with Crippen molar-refractivity contribution in [3.63, 3.8) is 0 Å². The minimum absolute atomic E-state index is 0.0282. The van der Waals surface area contributed by atoms with Crippen molar-refractivity contribution < 1.29 is 0 Å². The molecule has 1 unspecified atom stereocenters. The smallest absolute Gasteiger partial charge is 0.257 e. The zero-order valence-electron chi connectivity index (χ0n) is 10.9. The highest BCUT2D eigenvalue weighted by Crippen LogP contribution is 2.13. The summed E-state index contributed by atoms with van der Waals surface area (Å²) in [6.07, 6.45) is 3.63. The Morgan fingerprint density at radius 1 is 1.32 bits per heavy atom. The van der Waals surface area contributed by atoms with Gasteiger partial charge in [-0.3, -0.25) is 4.79 Å². The summed E-state index contributed by atoms with van der Waals surface area (Å²) in [7, 11) is 0. The van der Waals surface area contributed by atoms with Gasteiger partial charge >= 0.3 is 0 Å². The molecule has 1 aromatic heterocycles. The number of aromatic amines is 1. The fraction of sp³-hybridized carbons (Fsp3) is 0.400. The monoisotopic (exact) mass is 257 g/mol. The maximum atomic E-state index is 11.9. The summed E-state index contributed by atoms with van der Waals surface area (Å²) in [5, 5.41) is 8.50. The molecule has 0 aliphatic carbocycles. The molecule has 3 N–H and O–H groups in total. The third-order valence-electron chi connectivity index (χ3n) is 3.72. The standard InChI is InChI=1S/C15H19N3O/c19-15-13-6-2-1-4-11(13)10-14(18-15)17-9-7-12-5-3-8-16-12/h1-2,4,6,10,12,16H,3,5,7-9H2,(H2,17,18,19). The molecular weight excluding hydrogens is 238 g/mol.